The summed E-state index contributed by atoms with van der Waals surface area (Å²) in [5, 5.41) is 20.6. The lowest BCUT2D eigenvalue weighted by Crippen LogP contribution is -2.47. The number of aromatic amines is 1. The van der Waals surface area contributed by atoms with Crippen LogP contribution in [0, 0.1) is 19.8 Å². The van der Waals surface area contributed by atoms with Gasteiger partial charge in [-0.15, -0.1) is 0 Å². The molecule has 39 heavy (non-hydrogen) atoms. The van der Waals surface area contributed by atoms with E-state index in [4.69, 9.17) is 5.73 Å². The molecular formula is C31H42N6O2. The van der Waals surface area contributed by atoms with Gasteiger partial charge in [0, 0.05) is 37.8 Å². The van der Waals surface area contributed by atoms with Crippen LogP contribution in [0.4, 0.5) is 11.5 Å². The third-order valence-electron chi connectivity index (χ3n) is 8.58. The first-order chi connectivity index (χ1) is 18.8. The zero-order valence-electron chi connectivity index (χ0n) is 23.5. The Morgan fingerprint density at radius 3 is 2.28 bits per heavy atom. The van der Waals surface area contributed by atoms with Gasteiger partial charge in [-0.3, -0.25) is 9.89 Å². The van der Waals surface area contributed by atoms with Crippen molar-refractivity contribution < 1.29 is 9.90 Å². The fourth-order valence-corrected chi connectivity index (χ4v) is 6.14. The van der Waals surface area contributed by atoms with E-state index in [-0.39, 0.29) is 0 Å². The first-order valence-corrected chi connectivity index (χ1v) is 14.3. The molecule has 8 heteroatoms. The van der Waals surface area contributed by atoms with Crippen molar-refractivity contribution in [1.29, 1.82) is 0 Å². The molecule has 208 valence electrons. The summed E-state index contributed by atoms with van der Waals surface area (Å²) in [5.74, 6) is 1.12. The summed E-state index contributed by atoms with van der Waals surface area (Å²) in [5.41, 5.74) is 11.8. The summed E-state index contributed by atoms with van der Waals surface area (Å²) in [7, 11) is 0. The van der Waals surface area contributed by atoms with Crippen LogP contribution in [0.3, 0.4) is 0 Å². The summed E-state index contributed by atoms with van der Waals surface area (Å²) < 4.78 is 0. The van der Waals surface area contributed by atoms with Gasteiger partial charge in [0.25, 0.3) is 5.91 Å². The quantitative estimate of drug-likeness (QED) is 0.335. The van der Waals surface area contributed by atoms with E-state index in [9.17, 15) is 9.90 Å². The van der Waals surface area contributed by atoms with Crippen LogP contribution < -0.4 is 16.0 Å². The number of amides is 1. The second kappa shape index (κ2) is 11.7. The lowest BCUT2D eigenvalue weighted by atomic mass is 9.94. The molecule has 0 spiro atoms. The van der Waals surface area contributed by atoms with Crippen molar-refractivity contribution in [1.82, 2.24) is 15.1 Å². The van der Waals surface area contributed by atoms with Crippen LogP contribution in [-0.2, 0) is 13.0 Å². The Bertz CT molecular complexity index is 1260. The molecule has 0 atom stereocenters. The first kappa shape index (κ1) is 27.1. The Morgan fingerprint density at radius 2 is 1.67 bits per heavy atom. The van der Waals surface area contributed by atoms with Gasteiger partial charge < -0.3 is 26.0 Å². The number of benzene rings is 2. The molecule has 3 heterocycles. The fraction of sp³-hybridized carbons (Fsp3) is 0.484. The van der Waals surface area contributed by atoms with Crippen molar-refractivity contribution in [3.63, 3.8) is 0 Å². The minimum atomic E-state index is -0.512. The van der Waals surface area contributed by atoms with Crippen molar-refractivity contribution in [3.8, 4) is 5.75 Å². The zero-order valence-corrected chi connectivity index (χ0v) is 23.5. The molecule has 0 aliphatic carbocycles. The monoisotopic (exact) mass is 530 g/mol. The normalized spacial score (nSPS) is 17.5. The number of aryl methyl sites for hydroxylation is 2. The second-order valence-electron chi connectivity index (χ2n) is 11.5. The third-order valence-corrected chi connectivity index (χ3v) is 8.58. The summed E-state index contributed by atoms with van der Waals surface area (Å²) in [4.78, 5) is 17.6. The third kappa shape index (κ3) is 6.22. The van der Waals surface area contributed by atoms with Crippen LogP contribution in [0.5, 0.6) is 5.75 Å². The number of piperidine rings is 2. The highest BCUT2D eigenvalue weighted by molar-refractivity contribution is 5.99. The van der Waals surface area contributed by atoms with Crippen LogP contribution in [0.25, 0.3) is 0 Å². The number of likely N-dealkylation sites (tertiary alicyclic amines) is 1. The highest BCUT2D eigenvalue weighted by Crippen LogP contribution is 2.28. The zero-order chi connectivity index (χ0) is 27.5. The standard InChI is InChI=1S/C31H42N6O2/c1-20-8-12-36(13-9-20)26-10-14-37(15-11-26)25-6-4-23(5-7-25)18-27-28(30(32)39)31(35-34-27)33-19-24-16-21(2)29(38)22(3)17-24/h4-7,16-17,20,26,38H,8-15,18-19H2,1-3H3,(H2,32,39)(H2,33,34,35). The summed E-state index contributed by atoms with van der Waals surface area (Å²) in [6, 6.07) is 13.2. The maximum atomic E-state index is 12.4. The molecule has 1 amide bonds. The number of phenolic OH excluding ortho intramolecular Hbond substituents is 1. The molecule has 8 nitrogen and oxygen atoms in total. The first-order valence-electron chi connectivity index (χ1n) is 14.3. The molecule has 5 rings (SSSR count). The largest absolute Gasteiger partial charge is 0.507 e. The van der Waals surface area contributed by atoms with Gasteiger partial charge >= 0.3 is 0 Å². The molecular weight excluding hydrogens is 488 g/mol. The predicted octanol–water partition coefficient (Wildman–Crippen LogP) is 4.73. The number of primary amides is 1. The number of nitrogens with zero attached hydrogens (tertiary/aromatic N) is 3. The van der Waals surface area contributed by atoms with Crippen LogP contribution in [0.2, 0.25) is 0 Å². The molecule has 2 aliphatic heterocycles. The number of carbonyl (C=O) groups is 1. The van der Waals surface area contributed by atoms with Crippen LogP contribution in [0.1, 0.15) is 70.9 Å². The molecule has 3 aromatic rings. The minimum absolute atomic E-state index is 0.307. The molecule has 5 N–H and O–H groups in total. The summed E-state index contributed by atoms with van der Waals surface area (Å²) >= 11 is 0. The minimum Gasteiger partial charge on any atom is -0.507 e. The number of anilines is 2. The number of aromatic hydroxyl groups is 1. The van der Waals surface area contributed by atoms with Crippen molar-refractivity contribution >= 4 is 17.4 Å². The van der Waals surface area contributed by atoms with E-state index in [1.807, 2.05) is 26.0 Å². The number of hydrogen-bond acceptors (Lipinski definition) is 6. The molecule has 0 bridgehead atoms. The summed E-state index contributed by atoms with van der Waals surface area (Å²) in [6.45, 7) is 11.3. The molecule has 2 fully saturated rings. The van der Waals surface area contributed by atoms with E-state index in [2.05, 4.69) is 56.5 Å². The molecule has 0 unspecified atom stereocenters. The van der Waals surface area contributed by atoms with E-state index in [0.29, 0.717) is 35.8 Å². The van der Waals surface area contributed by atoms with Crippen molar-refractivity contribution in [2.24, 2.45) is 11.7 Å². The smallest absolute Gasteiger partial charge is 0.254 e. The van der Waals surface area contributed by atoms with Crippen LogP contribution in [0.15, 0.2) is 36.4 Å². The van der Waals surface area contributed by atoms with Gasteiger partial charge in [-0.1, -0.05) is 31.2 Å². The molecule has 0 radical (unpaired) electrons. The number of rotatable bonds is 8. The van der Waals surface area contributed by atoms with Gasteiger partial charge in [0.1, 0.15) is 11.3 Å². The lowest BCUT2D eigenvalue weighted by molar-refractivity contribution is 0.100. The number of carbonyl (C=O) groups excluding carboxylic acids is 1. The topological polar surface area (TPSA) is 111 Å². The molecule has 2 aliphatic rings. The van der Waals surface area contributed by atoms with Crippen molar-refractivity contribution in [3.05, 3.63) is 69.9 Å². The average Bonchev–Trinajstić information content (AvgIpc) is 3.34. The van der Waals surface area contributed by atoms with Crippen LogP contribution in [-0.4, -0.2) is 58.3 Å². The molecule has 1 aromatic heterocycles. The Hall–Kier alpha value is -3.52. The Morgan fingerprint density at radius 1 is 1.03 bits per heavy atom. The SMILES string of the molecule is Cc1cc(CNc2n[nH]c(Cc3ccc(N4CCC(N5CCC(C)CC5)CC4)cc3)c2C(N)=O)cc(C)c1O. The highest BCUT2D eigenvalue weighted by atomic mass is 16.3. The number of H-pyrrole nitrogens is 1. The molecule has 0 saturated carbocycles. The molecule has 2 aromatic carbocycles. The van der Waals surface area contributed by atoms with E-state index >= 15 is 0 Å². The number of nitrogens with two attached hydrogens (primary N) is 1. The fourth-order valence-electron chi connectivity index (χ4n) is 6.14. The van der Waals surface area contributed by atoms with Crippen molar-refractivity contribution in [2.45, 2.75) is 65.5 Å². The van der Waals surface area contributed by atoms with E-state index in [1.54, 1.807) is 0 Å². The Labute approximate surface area is 231 Å². The number of phenols is 1. The van der Waals surface area contributed by atoms with E-state index in [1.165, 1.54) is 44.5 Å². The molecule has 2 saturated heterocycles. The Kier molecular flexibility index (Phi) is 8.12. The van der Waals surface area contributed by atoms with Crippen molar-refractivity contribution in [2.75, 3.05) is 36.4 Å². The average molecular weight is 531 g/mol. The van der Waals surface area contributed by atoms with Gasteiger partial charge in [-0.2, -0.15) is 5.10 Å². The Balaban J connectivity index is 1.19. The highest BCUT2D eigenvalue weighted by Gasteiger charge is 2.27. The predicted molar refractivity (Wildman–Crippen MR) is 156 cm³/mol. The van der Waals surface area contributed by atoms with E-state index in [0.717, 1.165) is 47.3 Å². The van der Waals surface area contributed by atoms with Gasteiger partial charge in [-0.05, 0) is 92.9 Å². The van der Waals surface area contributed by atoms with Gasteiger partial charge in [0.05, 0.1) is 5.69 Å². The lowest BCUT2D eigenvalue weighted by Gasteiger charge is -2.42. The number of hydrogen-bond donors (Lipinski definition) is 4. The van der Waals surface area contributed by atoms with E-state index < -0.39 is 5.91 Å². The number of aromatic nitrogens is 2. The second-order valence-corrected chi connectivity index (χ2v) is 11.5. The van der Waals surface area contributed by atoms with Gasteiger partial charge in [0.15, 0.2) is 5.82 Å². The van der Waals surface area contributed by atoms with Crippen LogP contribution >= 0.6 is 0 Å². The number of nitrogens with one attached hydrogen (secondary N) is 2. The maximum Gasteiger partial charge on any atom is 0.254 e. The maximum absolute atomic E-state index is 12.4. The summed E-state index contributed by atoms with van der Waals surface area (Å²) in [6.07, 6.45) is 5.67. The van der Waals surface area contributed by atoms with Gasteiger partial charge in [0.2, 0.25) is 0 Å². The van der Waals surface area contributed by atoms with Gasteiger partial charge in [-0.25, -0.2) is 0 Å².